The van der Waals surface area contributed by atoms with Gasteiger partial charge in [0.25, 0.3) is 0 Å². The van der Waals surface area contributed by atoms with Gasteiger partial charge in [0.1, 0.15) is 0 Å². The highest BCUT2D eigenvalue weighted by Gasteiger charge is 2.21. The lowest BCUT2D eigenvalue weighted by Crippen LogP contribution is -2.39. The quantitative estimate of drug-likeness (QED) is 0.636. The molecule has 4 heteroatoms. The first-order chi connectivity index (χ1) is 7.02. The number of hydrogen-bond donors (Lipinski definition) is 3. The van der Waals surface area contributed by atoms with E-state index >= 15 is 0 Å². The van der Waals surface area contributed by atoms with Crippen molar-refractivity contribution in [1.29, 1.82) is 0 Å². The van der Waals surface area contributed by atoms with Crippen molar-refractivity contribution < 1.29 is 9.90 Å². The molecule has 4 nitrogen and oxygen atoms in total. The number of rotatable bonds is 5. The van der Waals surface area contributed by atoms with Crippen LogP contribution in [0.5, 0.6) is 0 Å². The molecule has 0 spiro atoms. The monoisotopic (exact) mass is 208 g/mol. The van der Waals surface area contributed by atoms with Crippen molar-refractivity contribution in [1.82, 2.24) is 5.32 Å². The van der Waals surface area contributed by atoms with Gasteiger partial charge in [0.05, 0.1) is 12.1 Å². The zero-order valence-electron chi connectivity index (χ0n) is 8.73. The number of nitrogens with one attached hydrogen (secondary N) is 1. The third-order valence-electron chi connectivity index (χ3n) is 2.16. The van der Waals surface area contributed by atoms with E-state index in [1.54, 1.807) is 6.92 Å². The second-order valence-electron chi connectivity index (χ2n) is 3.71. The Hall–Kier alpha value is -1.39. The van der Waals surface area contributed by atoms with Crippen LogP contribution in [0.25, 0.3) is 0 Å². The molecule has 0 fully saturated rings. The van der Waals surface area contributed by atoms with Crippen LogP contribution in [0.3, 0.4) is 0 Å². The van der Waals surface area contributed by atoms with Crippen molar-refractivity contribution in [2.75, 3.05) is 13.1 Å². The second kappa shape index (κ2) is 4.91. The molecule has 0 aliphatic heterocycles. The number of nitrogens with two attached hydrogens (primary N) is 1. The van der Waals surface area contributed by atoms with Crippen molar-refractivity contribution in [3.63, 3.8) is 0 Å². The van der Waals surface area contributed by atoms with Crippen molar-refractivity contribution in [3.05, 3.63) is 35.9 Å². The van der Waals surface area contributed by atoms with Crippen LogP contribution in [-0.2, 0) is 10.4 Å². The van der Waals surface area contributed by atoms with Gasteiger partial charge in [0.2, 0.25) is 5.91 Å². The topological polar surface area (TPSA) is 75.3 Å². The van der Waals surface area contributed by atoms with E-state index in [-0.39, 0.29) is 6.54 Å². The zero-order valence-corrected chi connectivity index (χ0v) is 8.73. The molecule has 1 aromatic carbocycles. The Morgan fingerprint density at radius 3 is 2.60 bits per heavy atom. The van der Waals surface area contributed by atoms with Crippen LogP contribution in [0.1, 0.15) is 12.5 Å². The fourth-order valence-corrected chi connectivity index (χ4v) is 1.33. The lowest BCUT2D eigenvalue weighted by molar-refractivity contribution is -0.117. The SMILES string of the molecule is CC(O)(CNCC(N)=O)c1ccccc1. The number of amides is 1. The van der Waals surface area contributed by atoms with Crippen LogP contribution in [0, 0.1) is 0 Å². The maximum absolute atomic E-state index is 10.5. The number of hydrogen-bond acceptors (Lipinski definition) is 3. The zero-order chi connectivity index (χ0) is 11.3. The average molecular weight is 208 g/mol. The predicted molar refractivity (Wildman–Crippen MR) is 58.1 cm³/mol. The van der Waals surface area contributed by atoms with Crippen molar-refractivity contribution in [2.24, 2.45) is 5.73 Å². The molecule has 4 N–H and O–H groups in total. The van der Waals surface area contributed by atoms with Crippen LogP contribution in [0.4, 0.5) is 0 Å². The summed E-state index contributed by atoms with van der Waals surface area (Å²) in [5, 5.41) is 12.9. The molecule has 15 heavy (non-hydrogen) atoms. The number of aliphatic hydroxyl groups is 1. The van der Waals surface area contributed by atoms with E-state index in [1.807, 2.05) is 30.3 Å². The first-order valence-electron chi connectivity index (χ1n) is 4.79. The van der Waals surface area contributed by atoms with Crippen LogP contribution in [0.15, 0.2) is 30.3 Å². The third-order valence-corrected chi connectivity index (χ3v) is 2.16. The van der Waals surface area contributed by atoms with Gasteiger partial charge < -0.3 is 16.2 Å². The maximum Gasteiger partial charge on any atom is 0.231 e. The summed E-state index contributed by atoms with van der Waals surface area (Å²) in [7, 11) is 0. The van der Waals surface area contributed by atoms with E-state index in [9.17, 15) is 9.90 Å². The molecule has 1 aromatic rings. The highest BCUT2D eigenvalue weighted by molar-refractivity contribution is 5.75. The summed E-state index contributed by atoms with van der Waals surface area (Å²) in [4.78, 5) is 10.5. The summed E-state index contributed by atoms with van der Waals surface area (Å²) < 4.78 is 0. The lowest BCUT2D eigenvalue weighted by Gasteiger charge is -2.23. The van der Waals surface area contributed by atoms with Gasteiger partial charge in [-0.05, 0) is 12.5 Å². The van der Waals surface area contributed by atoms with Crippen LogP contribution in [0.2, 0.25) is 0 Å². The molecule has 1 unspecified atom stereocenters. The van der Waals surface area contributed by atoms with Crippen molar-refractivity contribution >= 4 is 5.91 Å². The first kappa shape index (κ1) is 11.7. The van der Waals surface area contributed by atoms with Gasteiger partial charge in [0.15, 0.2) is 0 Å². The van der Waals surface area contributed by atoms with Gasteiger partial charge in [-0.1, -0.05) is 30.3 Å². The number of carbonyl (C=O) groups excluding carboxylic acids is 1. The molecule has 0 aliphatic carbocycles. The Morgan fingerprint density at radius 1 is 1.47 bits per heavy atom. The molecule has 0 saturated heterocycles. The maximum atomic E-state index is 10.5. The molecular weight excluding hydrogens is 192 g/mol. The van der Waals surface area contributed by atoms with E-state index in [4.69, 9.17) is 5.73 Å². The van der Waals surface area contributed by atoms with E-state index in [2.05, 4.69) is 5.32 Å². The summed E-state index contributed by atoms with van der Waals surface area (Å²) >= 11 is 0. The molecule has 0 aliphatic rings. The van der Waals surface area contributed by atoms with Gasteiger partial charge >= 0.3 is 0 Å². The van der Waals surface area contributed by atoms with Crippen molar-refractivity contribution in [3.8, 4) is 0 Å². The minimum absolute atomic E-state index is 0.0724. The normalized spacial score (nSPS) is 14.5. The number of carbonyl (C=O) groups is 1. The minimum Gasteiger partial charge on any atom is -0.384 e. The summed E-state index contributed by atoms with van der Waals surface area (Å²) in [6, 6.07) is 9.28. The Balaban J connectivity index is 2.56. The Morgan fingerprint density at radius 2 is 2.07 bits per heavy atom. The molecule has 0 bridgehead atoms. The van der Waals surface area contributed by atoms with Gasteiger partial charge in [-0.15, -0.1) is 0 Å². The molecule has 82 valence electrons. The van der Waals surface area contributed by atoms with Crippen molar-refractivity contribution in [2.45, 2.75) is 12.5 Å². The molecule has 1 rings (SSSR count). The predicted octanol–water partition coefficient (Wildman–Crippen LogP) is -0.0310. The van der Waals surface area contributed by atoms with Crippen LogP contribution in [-0.4, -0.2) is 24.1 Å². The van der Waals surface area contributed by atoms with E-state index in [0.717, 1.165) is 5.56 Å². The van der Waals surface area contributed by atoms with Crippen LogP contribution >= 0.6 is 0 Å². The minimum atomic E-state index is -0.989. The molecule has 0 aromatic heterocycles. The molecule has 1 atom stereocenters. The summed E-state index contributed by atoms with van der Waals surface area (Å²) in [5.41, 5.74) is 4.80. The Kier molecular flexibility index (Phi) is 3.82. The summed E-state index contributed by atoms with van der Waals surface area (Å²) in [5.74, 6) is -0.432. The summed E-state index contributed by atoms with van der Waals surface area (Å²) in [6.45, 7) is 2.05. The van der Waals surface area contributed by atoms with E-state index < -0.39 is 11.5 Å². The Bertz CT molecular complexity index is 323. The number of benzene rings is 1. The average Bonchev–Trinajstić information content (AvgIpc) is 2.18. The standard InChI is InChI=1S/C11H16N2O2/c1-11(15,8-13-7-10(12)14)9-5-3-2-4-6-9/h2-6,13,15H,7-8H2,1H3,(H2,12,14). The highest BCUT2D eigenvalue weighted by atomic mass is 16.3. The van der Waals surface area contributed by atoms with E-state index in [1.165, 1.54) is 0 Å². The van der Waals surface area contributed by atoms with Gasteiger partial charge in [-0.2, -0.15) is 0 Å². The van der Waals surface area contributed by atoms with Crippen LogP contribution < -0.4 is 11.1 Å². The fourth-order valence-electron chi connectivity index (χ4n) is 1.33. The fraction of sp³-hybridized carbons (Fsp3) is 0.364. The molecule has 0 saturated carbocycles. The smallest absolute Gasteiger partial charge is 0.231 e. The lowest BCUT2D eigenvalue weighted by atomic mass is 9.96. The van der Waals surface area contributed by atoms with Gasteiger partial charge in [-0.25, -0.2) is 0 Å². The van der Waals surface area contributed by atoms with Gasteiger partial charge in [0, 0.05) is 6.54 Å². The largest absolute Gasteiger partial charge is 0.384 e. The summed E-state index contributed by atoms with van der Waals surface area (Å²) in [6.07, 6.45) is 0. The highest BCUT2D eigenvalue weighted by Crippen LogP contribution is 2.18. The van der Waals surface area contributed by atoms with Gasteiger partial charge in [-0.3, -0.25) is 4.79 Å². The first-order valence-corrected chi connectivity index (χ1v) is 4.79. The third kappa shape index (κ3) is 3.69. The molecule has 0 heterocycles. The molecular formula is C11H16N2O2. The number of primary amides is 1. The molecule has 1 amide bonds. The Labute approximate surface area is 89.1 Å². The second-order valence-corrected chi connectivity index (χ2v) is 3.71. The van der Waals surface area contributed by atoms with E-state index in [0.29, 0.717) is 6.54 Å². The molecule has 0 radical (unpaired) electrons.